The summed E-state index contributed by atoms with van der Waals surface area (Å²) in [6.45, 7) is 0. The number of rotatable bonds is 5. The molecule has 0 bridgehead atoms. The lowest BCUT2D eigenvalue weighted by molar-refractivity contribution is -0.136. The van der Waals surface area contributed by atoms with E-state index in [1.165, 1.54) is 12.7 Å². The SMILES string of the molecule is COC(=O)C1=C(Cl)C(CCCc2ccccc2)CC1. The van der Waals surface area contributed by atoms with Crippen molar-refractivity contribution in [1.82, 2.24) is 0 Å². The number of allylic oxidation sites excluding steroid dienone is 1. The third-order valence-electron chi connectivity index (χ3n) is 3.68. The summed E-state index contributed by atoms with van der Waals surface area (Å²) >= 11 is 6.28. The van der Waals surface area contributed by atoms with Crippen LogP contribution in [0.1, 0.15) is 31.2 Å². The molecule has 2 rings (SSSR count). The first kappa shape index (κ1) is 14.1. The third-order valence-corrected chi connectivity index (χ3v) is 4.22. The first-order chi connectivity index (χ1) is 9.22. The predicted molar refractivity (Wildman–Crippen MR) is 77.0 cm³/mol. The number of carbonyl (C=O) groups excluding carboxylic acids is 1. The van der Waals surface area contributed by atoms with Gasteiger partial charge in [-0.15, -0.1) is 0 Å². The fourth-order valence-electron chi connectivity index (χ4n) is 2.60. The zero-order valence-corrected chi connectivity index (χ0v) is 12.0. The highest BCUT2D eigenvalue weighted by molar-refractivity contribution is 6.32. The zero-order chi connectivity index (χ0) is 13.7. The maximum Gasteiger partial charge on any atom is 0.334 e. The van der Waals surface area contributed by atoms with Crippen LogP contribution in [0.5, 0.6) is 0 Å². The smallest absolute Gasteiger partial charge is 0.334 e. The molecule has 0 radical (unpaired) electrons. The first-order valence-corrected chi connectivity index (χ1v) is 7.11. The van der Waals surface area contributed by atoms with Crippen LogP contribution in [0.3, 0.4) is 0 Å². The topological polar surface area (TPSA) is 26.3 Å². The largest absolute Gasteiger partial charge is 0.466 e. The van der Waals surface area contributed by atoms with E-state index in [4.69, 9.17) is 16.3 Å². The van der Waals surface area contributed by atoms with E-state index in [1.54, 1.807) is 0 Å². The van der Waals surface area contributed by atoms with E-state index in [-0.39, 0.29) is 5.97 Å². The Kier molecular flexibility index (Phi) is 5.03. The van der Waals surface area contributed by atoms with E-state index in [2.05, 4.69) is 24.3 Å². The van der Waals surface area contributed by atoms with Crippen LogP contribution in [0.2, 0.25) is 0 Å². The maximum atomic E-state index is 11.5. The minimum absolute atomic E-state index is 0.268. The summed E-state index contributed by atoms with van der Waals surface area (Å²) < 4.78 is 4.75. The molecule has 0 heterocycles. The van der Waals surface area contributed by atoms with Crippen LogP contribution in [0.25, 0.3) is 0 Å². The molecule has 0 fully saturated rings. The molecule has 0 saturated heterocycles. The Hall–Kier alpha value is -1.28. The van der Waals surface area contributed by atoms with Gasteiger partial charge in [-0.05, 0) is 43.6 Å². The minimum atomic E-state index is -0.268. The molecule has 1 aliphatic carbocycles. The predicted octanol–water partition coefficient (Wildman–Crippen LogP) is 4.09. The maximum absolute atomic E-state index is 11.5. The van der Waals surface area contributed by atoms with Crippen molar-refractivity contribution >= 4 is 17.6 Å². The van der Waals surface area contributed by atoms with Gasteiger partial charge in [-0.1, -0.05) is 41.9 Å². The van der Waals surface area contributed by atoms with E-state index in [0.29, 0.717) is 11.5 Å². The van der Waals surface area contributed by atoms with Crippen molar-refractivity contribution in [3.8, 4) is 0 Å². The van der Waals surface area contributed by atoms with E-state index in [1.807, 2.05) is 6.07 Å². The number of carbonyl (C=O) groups is 1. The van der Waals surface area contributed by atoms with Gasteiger partial charge in [0.25, 0.3) is 0 Å². The van der Waals surface area contributed by atoms with Gasteiger partial charge in [0.05, 0.1) is 12.7 Å². The molecule has 0 amide bonds. The van der Waals surface area contributed by atoms with Crippen molar-refractivity contribution in [3.05, 3.63) is 46.5 Å². The molecule has 19 heavy (non-hydrogen) atoms. The summed E-state index contributed by atoms with van der Waals surface area (Å²) in [5.74, 6) is 0.0649. The van der Waals surface area contributed by atoms with Gasteiger partial charge in [-0.2, -0.15) is 0 Å². The quantitative estimate of drug-likeness (QED) is 0.759. The Balaban J connectivity index is 1.84. The van der Waals surface area contributed by atoms with Crippen molar-refractivity contribution in [1.29, 1.82) is 0 Å². The van der Waals surface area contributed by atoms with Crippen LogP contribution in [0.4, 0.5) is 0 Å². The highest BCUT2D eigenvalue weighted by Crippen LogP contribution is 2.38. The number of aryl methyl sites for hydroxylation is 1. The molecular weight excluding hydrogens is 260 g/mol. The fraction of sp³-hybridized carbons (Fsp3) is 0.438. The number of ether oxygens (including phenoxy) is 1. The lowest BCUT2D eigenvalue weighted by Crippen LogP contribution is -2.03. The molecule has 1 aromatic rings. The normalized spacial score (nSPS) is 18.7. The van der Waals surface area contributed by atoms with Gasteiger partial charge in [-0.25, -0.2) is 4.79 Å². The summed E-state index contributed by atoms with van der Waals surface area (Å²) in [4.78, 5) is 11.5. The summed E-state index contributed by atoms with van der Waals surface area (Å²) in [6, 6.07) is 10.4. The van der Waals surface area contributed by atoms with Crippen molar-refractivity contribution in [2.24, 2.45) is 5.92 Å². The summed E-state index contributed by atoms with van der Waals surface area (Å²) in [5, 5.41) is 0.722. The van der Waals surface area contributed by atoms with Crippen LogP contribution in [0, 0.1) is 5.92 Å². The second kappa shape index (κ2) is 6.76. The van der Waals surface area contributed by atoms with Crippen LogP contribution in [-0.2, 0) is 16.0 Å². The second-order valence-electron chi connectivity index (χ2n) is 4.93. The number of halogens is 1. The van der Waals surface area contributed by atoms with Crippen molar-refractivity contribution < 1.29 is 9.53 Å². The van der Waals surface area contributed by atoms with Gasteiger partial charge >= 0.3 is 5.97 Å². The second-order valence-corrected chi connectivity index (χ2v) is 5.34. The average Bonchev–Trinajstić information content (AvgIpc) is 2.81. The monoisotopic (exact) mass is 278 g/mol. The number of hydrogen-bond acceptors (Lipinski definition) is 2. The van der Waals surface area contributed by atoms with Gasteiger partial charge in [0.1, 0.15) is 0 Å². The Labute approximate surface area is 119 Å². The van der Waals surface area contributed by atoms with Crippen molar-refractivity contribution in [2.45, 2.75) is 32.1 Å². The average molecular weight is 279 g/mol. The van der Waals surface area contributed by atoms with Gasteiger partial charge in [0.15, 0.2) is 0 Å². The van der Waals surface area contributed by atoms with Crippen LogP contribution < -0.4 is 0 Å². The molecule has 0 spiro atoms. The number of hydrogen-bond donors (Lipinski definition) is 0. The van der Waals surface area contributed by atoms with Gasteiger partial charge in [-0.3, -0.25) is 0 Å². The summed E-state index contributed by atoms with van der Waals surface area (Å²) in [5.41, 5.74) is 2.03. The zero-order valence-electron chi connectivity index (χ0n) is 11.2. The molecule has 1 aromatic carbocycles. The number of esters is 1. The van der Waals surface area contributed by atoms with Crippen molar-refractivity contribution in [2.75, 3.05) is 7.11 Å². The van der Waals surface area contributed by atoms with Crippen LogP contribution >= 0.6 is 11.6 Å². The number of methoxy groups -OCH3 is 1. The molecule has 3 heteroatoms. The Morgan fingerprint density at radius 1 is 1.37 bits per heavy atom. The lowest BCUT2D eigenvalue weighted by atomic mass is 9.99. The molecule has 102 valence electrons. The number of benzene rings is 1. The van der Waals surface area contributed by atoms with E-state index in [0.717, 1.165) is 37.1 Å². The van der Waals surface area contributed by atoms with Crippen LogP contribution in [-0.4, -0.2) is 13.1 Å². The molecule has 1 unspecified atom stereocenters. The van der Waals surface area contributed by atoms with E-state index in [9.17, 15) is 4.79 Å². The summed E-state index contributed by atoms with van der Waals surface area (Å²) in [7, 11) is 1.40. The van der Waals surface area contributed by atoms with Crippen LogP contribution in [0.15, 0.2) is 40.9 Å². The Bertz CT molecular complexity index is 465. The summed E-state index contributed by atoms with van der Waals surface area (Å²) in [6.07, 6.45) is 4.92. The molecule has 1 aliphatic rings. The Morgan fingerprint density at radius 3 is 2.79 bits per heavy atom. The highest BCUT2D eigenvalue weighted by atomic mass is 35.5. The van der Waals surface area contributed by atoms with Crippen molar-refractivity contribution in [3.63, 3.8) is 0 Å². The molecule has 0 saturated carbocycles. The van der Waals surface area contributed by atoms with Gasteiger partial charge < -0.3 is 4.74 Å². The van der Waals surface area contributed by atoms with Gasteiger partial charge in [0.2, 0.25) is 0 Å². The van der Waals surface area contributed by atoms with E-state index < -0.39 is 0 Å². The molecule has 0 aliphatic heterocycles. The fourth-order valence-corrected chi connectivity index (χ4v) is 2.99. The van der Waals surface area contributed by atoms with Gasteiger partial charge in [0, 0.05) is 5.03 Å². The molecule has 0 aromatic heterocycles. The molecule has 0 N–H and O–H groups in total. The Morgan fingerprint density at radius 2 is 2.11 bits per heavy atom. The molecule has 1 atom stereocenters. The molecular formula is C16H19ClO2. The molecule has 2 nitrogen and oxygen atoms in total. The minimum Gasteiger partial charge on any atom is -0.466 e. The lowest BCUT2D eigenvalue weighted by Gasteiger charge is -2.10. The highest BCUT2D eigenvalue weighted by Gasteiger charge is 2.28. The standard InChI is InChI=1S/C16H19ClO2/c1-19-16(18)14-11-10-13(15(14)17)9-5-8-12-6-3-2-4-7-12/h2-4,6-7,13H,5,8-11H2,1H3. The first-order valence-electron chi connectivity index (χ1n) is 6.73. The third kappa shape index (κ3) is 3.60. The van der Waals surface area contributed by atoms with E-state index >= 15 is 0 Å².